The lowest BCUT2D eigenvalue weighted by atomic mass is 9.98. The van der Waals surface area contributed by atoms with Crippen LogP contribution in [0.4, 0.5) is 0 Å². The molecular formula is C16H25ClN2O. The topological polar surface area (TPSA) is 32.3 Å². The minimum absolute atomic E-state index is 0. The van der Waals surface area contributed by atoms with Crippen LogP contribution in [-0.2, 0) is 11.2 Å². The highest BCUT2D eigenvalue weighted by atomic mass is 35.5. The molecule has 2 rings (SSSR count). The normalized spacial score (nSPS) is 18.1. The molecule has 1 aliphatic heterocycles. The molecule has 1 amide bonds. The molecule has 3 nitrogen and oxygen atoms in total. The van der Waals surface area contributed by atoms with Gasteiger partial charge in [0.2, 0.25) is 5.91 Å². The van der Waals surface area contributed by atoms with E-state index in [0.29, 0.717) is 5.91 Å². The number of amides is 1. The van der Waals surface area contributed by atoms with Crippen molar-refractivity contribution in [3.8, 4) is 0 Å². The van der Waals surface area contributed by atoms with Crippen molar-refractivity contribution in [2.45, 2.75) is 26.2 Å². The predicted octanol–water partition coefficient (Wildman–Crippen LogP) is 2.50. The Morgan fingerprint density at radius 3 is 2.70 bits per heavy atom. The van der Waals surface area contributed by atoms with E-state index in [9.17, 15) is 4.79 Å². The van der Waals surface area contributed by atoms with Crippen LogP contribution in [0.1, 0.15) is 25.3 Å². The number of hydrogen-bond acceptors (Lipinski definition) is 2. The predicted molar refractivity (Wildman–Crippen MR) is 85.2 cm³/mol. The molecule has 1 unspecified atom stereocenters. The standard InChI is InChI=1S/C16H24N2O.ClH/c1-2-18(12-10-14-7-4-3-5-8-14)16(19)15-9-6-11-17-13-15;/h3-5,7-8,15,17H,2,6,9-13H2,1H3;1H. The number of nitrogens with zero attached hydrogens (tertiary/aromatic N) is 1. The van der Waals surface area contributed by atoms with Crippen molar-refractivity contribution in [3.63, 3.8) is 0 Å². The minimum atomic E-state index is 0. The highest BCUT2D eigenvalue weighted by Gasteiger charge is 2.24. The van der Waals surface area contributed by atoms with Gasteiger partial charge in [0, 0.05) is 19.6 Å². The monoisotopic (exact) mass is 296 g/mol. The van der Waals surface area contributed by atoms with Gasteiger partial charge in [0.25, 0.3) is 0 Å². The van der Waals surface area contributed by atoms with Gasteiger partial charge in [0.15, 0.2) is 0 Å². The summed E-state index contributed by atoms with van der Waals surface area (Å²) in [7, 11) is 0. The summed E-state index contributed by atoms with van der Waals surface area (Å²) in [5.41, 5.74) is 1.30. The van der Waals surface area contributed by atoms with Gasteiger partial charge in [-0.15, -0.1) is 12.4 Å². The fourth-order valence-corrected chi connectivity index (χ4v) is 2.65. The molecule has 0 radical (unpaired) electrons. The van der Waals surface area contributed by atoms with Crippen molar-refractivity contribution in [2.75, 3.05) is 26.2 Å². The van der Waals surface area contributed by atoms with E-state index in [-0.39, 0.29) is 18.3 Å². The molecule has 0 saturated carbocycles. The van der Waals surface area contributed by atoms with Crippen molar-refractivity contribution in [1.82, 2.24) is 10.2 Å². The quantitative estimate of drug-likeness (QED) is 0.905. The summed E-state index contributed by atoms with van der Waals surface area (Å²) in [6.07, 6.45) is 3.10. The number of piperidine rings is 1. The summed E-state index contributed by atoms with van der Waals surface area (Å²) in [5, 5.41) is 3.32. The molecule has 20 heavy (non-hydrogen) atoms. The largest absolute Gasteiger partial charge is 0.342 e. The van der Waals surface area contributed by atoms with E-state index >= 15 is 0 Å². The first-order valence-corrected chi connectivity index (χ1v) is 7.34. The van der Waals surface area contributed by atoms with E-state index in [1.165, 1.54) is 5.56 Å². The molecule has 0 spiro atoms. The van der Waals surface area contributed by atoms with Crippen LogP contribution in [-0.4, -0.2) is 37.0 Å². The number of benzene rings is 1. The van der Waals surface area contributed by atoms with Crippen LogP contribution in [0, 0.1) is 5.92 Å². The molecule has 1 fully saturated rings. The van der Waals surface area contributed by atoms with Crippen LogP contribution < -0.4 is 5.32 Å². The summed E-state index contributed by atoms with van der Waals surface area (Å²) in [6, 6.07) is 10.4. The average molecular weight is 297 g/mol. The number of halogens is 1. The fraction of sp³-hybridized carbons (Fsp3) is 0.562. The van der Waals surface area contributed by atoms with Gasteiger partial charge in [0.05, 0.1) is 5.92 Å². The zero-order chi connectivity index (χ0) is 13.5. The Morgan fingerprint density at radius 1 is 1.35 bits per heavy atom. The van der Waals surface area contributed by atoms with E-state index in [1.54, 1.807) is 0 Å². The highest BCUT2D eigenvalue weighted by Crippen LogP contribution is 2.14. The Labute approximate surface area is 128 Å². The zero-order valence-corrected chi connectivity index (χ0v) is 13.0. The Hall–Kier alpha value is -1.06. The van der Waals surface area contributed by atoms with Gasteiger partial charge in [-0.2, -0.15) is 0 Å². The molecular weight excluding hydrogens is 272 g/mol. The third-order valence-corrected chi connectivity index (χ3v) is 3.85. The first-order valence-electron chi connectivity index (χ1n) is 7.34. The van der Waals surface area contributed by atoms with E-state index in [0.717, 1.165) is 45.4 Å². The summed E-state index contributed by atoms with van der Waals surface area (Å²) in [6.45, 7) is 5.61. The summed E-state index contributed by atoms with van der Waals surface area (Å²) >= 11 is 0. The van der Waals surface area contributed by atoms with E-state index in [1.807, 2.05) is 11.0 Å². The third-order valence-electron chi connectivity index (χ3n) is 3.85. The number of hydrogen-bond donors (Lipinski definition) is 1. The van der Waals surface area contributed by atoms with Crippen LogP contribution in [0.5, 0.6) is 0 Å². The maximum Gasteiger partial charge on any atom is 0.226 e. The first kappa shape index (κ1) is 17.0. The second-order valence-corrected chi connectivity index (χ2v) is 5.20. The van der Waals surface area contributed by atoms with E-state index < -0.39 is 0 Å². The Morgan fingerprint density at radius 2 is 2.10 bits per heavy atom. The molecule has 0 aromatic heterocycles. The molecule has 1 atom stereocenters. The van der Waals surface area contributed by atoms with E-state index in [4.69, 9.17) is 0 Å². The van der Waals surface area contributed by atoms with Gasteiger partial charge < -0.3 is 10.2 Å². The molecule has 1 aromatic rings. The Balaban J connectivity index is 0.00000200. The molecule has 1 aliphatic rings. The summed E-state index contributed by atoms with van der Waals surface area (Å²) < 4.78 is 0. The molecule has 112 valence electrons. The summed E-state index contributed by atoms with van der Waals surface area (Å²) in [5.74, 6) is 0.509. The fourth-order valence-electron chi connectivity index (χ4n) is 2.65. The molecule has 1 aromatic carbocycles. The van der Waals surface area contributed by atoms with Crippen LogP contribution in [0.2, 0.25) is 0 Å². The summed E-state index contributed by atoms with van der Waals surface area (Å²) in [4.78, 5) is 14.4. The van der Waals surface area contributed by atoms with Crippen molar-refractivity contribution < 1.29 is 4.79 Å². The maximum atomic E-state index is 12.4. The van der Waals surface area contributed by atoms with Gasteiger partial charge in [0.1, 0.15) is 0 Å². The lowest BCUT2D eigenvalue weighted by molar-refractivity contribution is -0.135. The van der Waals surface area contributed by atoms with Crippen molar-refractivity contribution in [3.05, 3.63) is 35.9 Å². The lowest BCUT2D eigenvalue weighted by Crippen LogP contribution is -2.43. The first-order chi connectivity index (χ1) is 9.31. The van der Waals surface area contributed by atoms with Crippen LogP contribution >= 0.6 is 12.4 Å². The Bertz CT molecular complexity index is 391. The molecule has 4 heteroatoms. The number of rotatable bonds is 5. The third kappa shape index (κ3) is 4.80. The van der Waals surface area contributed by atoms with Crippen molar-refractivity contribution in [1.29, 1.82) is 0 Å². The van der Waals surface area contributed by atoms with Gasteiger partial charge in [-0.05, 0) is 38.3 Å². The molecule has 0 aliphatic carbocycles. The van der Waals surface area contributed by atoms with Crippen LogP contribution in [0.15, 0.2) is 30.3 Å². The highest BCUT2D eigenvalue weighted by molar-refractivity contribution is 5.85. The van der Waals surface area contributed by atoms with Gasteiger partial charge in [-0.3, -0.25) is 4.79 Å². The van der Waals surface area contributed by atoms with Crippen LogP contribution in [0.25, 0.3) is 0 Å². The van der Waals surface area contributed by atoms with Gasteiger partial charge >= 0.3 is 0 Å². The second-order valence-electron chi connectivity index (χ2n) is 5.20. The Kier molecular flexibility index (Phi) is 7.63. The smallest absolute Gasteiger partial charge is 0.226 e. The maximum absolute atomic E-state index is 12.4. The SMILES string of the molecule is CCN(CCc1ccccc1)C(=O)C1CCCNC1.Cl. The number of carbonyl (C=O) groups excluding carboxylic acids is 1. The van der Waals surface area contributed by atoms with Crippen molar-refractivity contribution >= 4 is 18.3 Å². The number of nitrogens with one attached hydrogen (secondary N) is 1. The van der Waals surface area contributed by atoms with Gasteiger partial charge in [-0.1, -0.05) is 30.3 Å². The second kappa shape index (κ2) is 8.98. The lowest BCUT2D eigenvalue weighted by Gasteiger charge is -2.29. The van der Waals surface area contributed by atoms with Crippen molar-refractivity contribution in [2.24, 2.45) is 5.92 Å². The van der Waals surface area contributed by atoms with Gasteiger partial charge in [-0.25, -0.2) is 0 Å². The molecule has 1 N–H and O–H groups in total. The number of carbonyl (C=O) groups is 1. The van der Waals surface area contributed by atoms with E-state index in [2.05, 4.69) is 36.5 Å². The number of likely N-dealkylation sites (N-methyl/N-ethyl adjacent to an activating group) is 1. The zero-order valence-electron chi connectivity index (χ0n) is 12.2. The molecule has 1 heterocycles. The minimum Gasteiger partial charge on any atom is -0.342 e. The average Bonchev–Trinajstić information content (AvgIpc) is 2.49. The molecule has 0 bridgehead atoms. The molecule has 1 saturated heterocycles. The van der Waals surface area contributed by atoms with Crippen LogP contribution in [0.3, 0.4) is 0 Å².